The average molecular weight is 268 g/mol. The maximum atomic E-state index is 12.5. The fourth-order valence-electron chi connectivity index (χ4n) is 2.21. The molecule has 0 aromatic rings. The minimum absolute atomic E-state index is 0.268. The SMILES string of the molecule is C=C/C=C(\C=C/CC)S(=O)C1CCC(OC)CC1. The molecule has 2 nitrogen and oxygen atoms in total. The highest BCUT2D eigenvalue weighted by Crippen LogP contribution is 2.27. The standard InChI is InChI=1S/C15H24O2S/c1-4-6-8-14(7-5-2)18(16)15-11-9-13(17-3)10-12-15/h5-8,13,15H,2,4,9-12H2,1,3H3/b8-6-,14-7+. The maximum Gasteiger partial charge on any atom is 0.0572 e. The molecule has 0 aliphatic heterocycles. The van der Waals surface area contributed by atoms with Crippen LogP contribution in [0.5, 0.6) is 0 Å². The Labute approximate surface area is 113 Å². The highest BCUT2D eigenvalue weighted by molar-refractivity contribution is 7.89. The summed E-state index contributed by atoms with van der Waals surface area (Å²) >= 11 is 0. The van der Waals surface area contributed by atoms with E-state index in [1.54, 1.807) is 13.2 Å². The zero-order valence-corrected chi connectivity index (χ0v) is 12.2. The largest absolute Gasteiger partial charge is 0.381 e. The molecule has 1 saturated carbocycles. The van der Waals surface area contributed by atoms with Crippen LogP contribution in [0.2, 0.25) is 0 Å². The van der Waals surface area contributed by atoms with Crippen molar-refractivity contribution in [3.05, 3.63) is 35.8 Å². The topological polar surface area (TPSA) is 26.3 Å². The van der Waals surface area contributed by atoms with Crippen molar-refractivity contribution in [1.82, 2.24) is 0 Å². The molecular weight excluding hydrogens is 244 g/mol. The Morgan fingerprint density at radius 3 is 2.56 bits per heavy atom. The first-order valence-electron chi connectivity index (χ1n) is 6.65. The lowest BCUT2D eigenvalue weighted by Crippen LogP contribution is -2.27. The van der Waals surface area contributed by atoms with Crippen LogP contribution in [0.15, 0.2) is 35.8 Å². The second-order valence-electron chi connectivity index (χ2n) is 4.55. The van der Waals surface area contributed by atoms with Crippen LogP contribution >= 0.6 is 0 Å². The van der Waals surface area contributed by atoms with Crippen molar-refractivity contribution in [3.8, 4) is 0 Å². The molecule has 0 radical (unpaired) electrons. The molecule has 0 aromatic heterocycles. The zero-order chi connectivity index (χ0) is 13.4. The lowest BCUT2D eigenvalue weighted by molar-refractivity contribution is 0.0721. The lowest BCUT2D eigenvalue weighted by atomic mass is 9.97. The summed E-state index contributed by atoms with van der Waals surface area (Å²) in [5, 5.41) is 0.268. The fraction of sp³-hybridized carbons (Fsp3) is 0.600. The Morgan fingerprint density at radius 2 is 2.06 bits per heavy atom. The van der Waals surface area contributed by atoms with E-state index in [0.29, 0.717) is 6.10 Å². The highest BCUT2D eigenvalue weighted by Gasteiger charge is 2.26. The number of rotatable bonds is 6. The molecule has 1 atom stereocenters. The highest BCUT2D eigenvalue weighted by atomic mass is 32.2. The number of hydrogen-bond donors (Lipinski definition) is 0. The Morgan fingerprint density at radius 1 is 1.39 bits per heavy atom. The van der Waals surface area contributed by atoms with E-state index in [1.165, 1.54) is 0 Å². The molecule has 1 rings (SSSR count). The van der Waals surface area contributed by atoms with Gasteiger partial charge in [-0.3, -0.25) is 4.21 Å². The van der Waals surface area contributed by atoms with Gasteiger partial charge in [0.05, 0.1) is 16.9 Å². The molecule has 1 fully saturated rings. The first-order valence-corrected chi connectivity index (χ1v) is 7.86. The van der Waals surface area contributed by atoms with Gasteiger partial charge in [0.15, 0.2) is 0 Å². The Bertz CT molecular complexity index is 336. The van der Waals surface area contributed by atoms with Crippen LogP contribution in [0.1, 0.15) is 39.0 Å². The Balaban J connectivity index is 2.64. The minimum atomic E-state index is -0.915. The van der Waals surface area contributed by atoms with E-state index in [4.69, 9.17) is 4.74 Å². The summed E-state index contributed by atoms with van der Waals surface area (Å²) in [5.41, 5.74) is 0. The van der Waals surface area contributed by atoms with Gasteiger partial charge in [-0.25, -0.2) is 0 Å². The van der Waals surface area contributed by atoms with Gasteiger partial charge >= 0.3 is 0 Å². The molecule has 0 heterocycles. The maximum absolute atomic E-state index is 12.5. The summed E-state index contributed by atoms with van der Waals surface area (Å²) < 4.78 is 17.8. The summed E-state index contributed by atoms with van der Waals surface area (Å²) in [6.45, 7) is 5.77. The van der Waals surface area contributed by atoms with Crippen molar-refractivity contribution in [3.63, 3.8) is 0 Å². The van der Waals surface area contributed by atoms with E-state index < -0.39 is 10.8 Å². The van der Waals surface area contributed by atoms with Gasteiger partial charge in [-0.15, -0.1) is 0 Å². The molecular formula is C15H24O2S. The molecule has 1 aliphatic carbocycles. The van der Waals surface area contributed by atoms with Gasteiger partial charge in [-0.05, 0) is 38.2 Å². The van der Waals surface area contributed by atoms with Crippen LogP contribution < -0.4 is 0 Å². The van der Waals surface area contributed by atoms with Gasteiger partial charge in [0, 0.05) is 17.3 Å². The monoisotopic (exact) mass is 268 g/mol. The number of hydrogen-bond acceptors (Lipinski definition) is 2. The molecule has 0 spiro atoms. The predicted molar refractivity (Wildman–Crippen MR) is 78.9 cm³/mol. The van der Waals surface area contributed by atoms with E-state index in [2.05, 4.69) is 13.5 Å². The lowest BCUT2D eigenvalue weighted by Gasteiger charge is -2.27. The molecule has 102 valence electrons. The number of methoxy groups -OCH3 is 1. The molecule has 18 heavy (non-hydrogen) atoms. The van der Waals surface area contributed by atoms with Crippen LogP contribution in [0.4, 0.5) is 0 Å². The van der Waals surface area contributed by atoms with Crippen molar-refractivity contribution in [1.29, 1.82) is 0 Å². The summed E-state index contributed by atoms with van der Waals surface area (Å²) in [6.07, 6.45) is 12.9. The molecule has 3 heteroatoms. The first-order chi connectivity index (χ1) is 8.72. The van der Waals surface area contributed by atoms with E-state index in [9.17, 15) is 4.21 Å². The summed E-state index contributed by atoms with van der Waals surface area (Å²) in [6, 6.07) is 0. The van der Waals surface area contributed by atoms with Crippen LogP contribution in [-0.4, -0.2) is 22.7 Å². The zero-order valence-electron chi connectivity index (χ0n) is 11.4. The molecule has 0 N–H and O–H groups in total. The van der Waals surface area contributed by atoms with Gasteiger partial charge in [-0.1, -0.05) is 31.7 Å². The van der Waals surface area contributed by atoms with Crippen LogP contribution in [0.25, 0.3) is 0 Å². The quantitative estimate of drug-likeness (QED) is 0.686. The molecule has 0 amide bonds. The van der Waals surface area contributed by atoms with Crippen molar-refractivity contribution >= 4 is 10.8 Å². The van der Waals surface area contributed by atoms with Crippen LogP contribution in [0.3, 0.4) is 0 Å². The molecule has 0 bridgehead atoms. The Kier molecular flexibility index (Phi) is 7.21. The van der Waals surface area contributed by atoms with Crippen molar-refractivity contribution < 1.29 is 8.95 Å². The van der Waals surface area contributed by atoms with E-state index in [1.807, 2.05) is 18.2 Å². The third-order valence-corrected chi connectivity index (χ3v) is 5.10. The Hall–Kier alpha value is -0.670. The average Bonchev–Trinajstić information content (AvgIpc) is 2.43. The van der Waals surface area contributed by atoms with Gasteiger partial charge in [-0.2, -0.15) is 0 Å². The third kappa shape index (κ3) is 4.54. The van der Waals surface area contributed by atoms with Crippen molar-refractivity contribution in [2.75, 3.05) is 7.11 Å². The molecule has 1 aliphatic rings. The summed E-state index contributed by atoms with van der Waals surface area (Å²) in [5.74, 6) is 0. The fourth-order valence-corrected chi connectivity index (χ4v) is 3.76. The normalized spacial score (nSPS) is 27.3. The van der Waals surface area contributed by atoms with Gasteiger partial charge < -0.3 is 4.74 Å². The molecule has 0 saturated heterocycles. The summed E-state index contributed by atoms with van der Waals surface area (Å²) in [7, 11) is 0.844. The predicted octanol–water partition coefficient (Wildman–Crippen LogP) is 3.73. The van der Waals surface area contributed by atoms with Gasteiger partial charge in [0.25, 0.3) is 0 Å². The number of ether oxygens (including phenoxy) is 1. The van der Waals surface area contributed by atoms with Gasteiger partial charge in [0.1, 0.15) is 0 Å². The van der Waals surface area contributed by atoms with E-state index >= 15 is 0 Å². The minimum Gasteiger partial charge on any atom is -0.381 e. The second-order valence-corrected chi connectivity index (χ2v) is 6.28. The summed E-state index contributed by atoms with van der Waals surface area (Å²) in [4.78, 5) is 0.896. The number of allylic oxidation sites excluding steroid dienone is 4. The molecule has 0 aromatic carbocycles. The van der Waals surface area contributed by atoms with Gasteiger partial charge in [0.2, 0.25) is 0 Å². The van der Waals surface area contributed by atoms with Crippen LogP contribution in [0, 0.1) is 0 Å². The molecule has 1 unspecified atom stereocenters. The van der Waals surface area contributed by atoms with Crippen molar-refractivity contribution in [2.24, 2.45) is 0 Å². The van der Waals surface area contributed by atoms with E-state index in [0.717, 1.165) is 37.0 Å². The second kappa shape index (κ2) is 8.44. The van der Waals surface area contributed by atoms with Crippen molar-refractivity contribution in [2.45, 2.75) is 50.4 Å². The third-order valence-electron chi connectivity index (χ3n) is 3.29. The van der Waals surface area contributed by atoms with Crippen LogP contribution in [-0.2, 0) is 15.5 Å². The first kappa shape index (κ1) is 15.4. The van der Waals surface area contributed by atoms with E-state index in [-0.39, 0.29) is 5.25 Å². The smallest absolute Gasteiger partial charge is 0.0572 e.